The topological polar surface area (TPSA) is 29.4 Å². The fourth-order valence-corrected chi connectivity index (χ4v) is 5.46. The van der Waals surface area contributed by atoms with Crippen molar-refractivity contribution in [2.45, 2.75) is 148 Å². The molecule has 0 aromatic heterocycles. The van der Waals surface area contributed by atoms with Gasteiger partial charge in [-0.15, -0.1) is 0 Å². The van der Waals surface area contributed by atoms with E-state index in [9.17, 15) is 4.79 Å². The number of hydrogen-bond donors (Lipinski definition) is 0. The molecule has 0 aromatic rings. The van der Waals surface area contributed by atoms with Crippen LogP contribution in [0.15, 0.2) is 4.99 Å². The third-order valence-corrected chi connectivity index (χ3v) is 7.97. The van der Waals surface area contributed by atoms with Crippen LogP contribution in [-0.4, -0.2) is 20.0 Å². The Labute approximate surface area is 188 Å². The summed E-state index contributed by atoms with van der Waals surface area (Å²) in [4.78, 5) is 13.5. The van der Waals surface area contributed by atoms with E-state index in [-0.39, 0.29) is 0 Å². The lowest BCUT2D eigenvalue weighted by atomic mass is 10.0. The third-order valence-electron chi connectivity index (χ3n) is 5.86. The van der Waals surface area contributed by atoms with Crippen LogP contribution in [0, 0.1) is 0 Å². The molecule has 2 nitrogen and oxygen atoms in total. The van der Waals surface area contributed by atoms with E-state index in [2.05, 4.69) is 18.1 Å². The first-order chi connectivity index (χ1) is 14.1. The second-order valence-corrected chi connectivity index (χ2v) is 16.5. The van der Waals surface area contributed by atoms with Crippen molar-refractivity contribution in [3.05, 3.63) is 0 Å². The monoisotopic (exact) mass is 443 g/mol. The van der Waals surface area contributed by atoms with Crippen LogP contribution in [0.2, 0.25) is 19.1 Å². The van der Waals surface area contributed by atoms with Crippen molar-refractivity contribution in [3.63, 3.8) is 0 Å². The molecule has 0 radical (unpaired) electrons. The van der Waals surface area contributed by atoms with Gasteiger partial charge in [0.05, 0.1) is 6.54 Å². The predicted octanol–water partition coefficient (Wildman–Crippen LogP) is 9.57. The van der Waals surface area contributed by atoms with Crippen molar-refractivity contribution in [1.29, 1.82) is 0 Å². The summed E-state index contributed by atoms with van der Waals surface area (Å²) in [7, 11) is -1.31. The molecule has 0 aromatic carbocycles. The molecular formula is C25H50ClNOSi. The molecule has 0 amide bonds. The van der Waals surface area contributed by atoms with Crippen LogP contribution in [0.25, 0.3) is 0 Å². The van der Waals surface area contributed by atoms with Crippen molar-refractivity contribution in [1.82, 2.24) is 0 Å². The summed E-state index contributed by atoms with van der Waals surface area (Å²) < 4.78 is 0. The van der Waals surface area contributed by atoms with Crippen molar-refractivity contribution in [3.8, 4) is 0 Å². The third kappa shape index (κ3) is 27.9. The lowest BCUT2D eigenvalue weighted by Gasteiger charge is -2.11. The highest BCUT2D eigenvalue weighted by Crippen LogP contribution is 2.19. The van der Waals surface area contributed by atoms with Crippen LogP contribution >= 0.6 is 11.1 Å². The van der Waals surface area contributed by atoms with E-state index in [0.717, 1.165) is 6.42 Å². The largest absolute Gasteiger partial charge is 0.234 e. The van der Waals surface area contributed by atoms with Gasteiger partial charge < -0.3 is 0 Å². The molecule has 0 saturated carbocycles. The smallest absolute Gasteiger partial charge is 0.211 e. The predicted molar refractivity (Wildman–Crippen MR) is 133 cm³/mol. The fourth-order valence-electron chi connectivity index (χ4n) is 3.96. The van der Waals surface area contributed by atoms with Crippen LogP contribution in [0.4, 0.5) is 0 Å². The van der Waals surface area contributed by atoms with Gasteiger partial charge in [-0.1, -0.05) is 135 Å². The van der Waals surface area contributed by atoms with Crippen LogP contribution in [0.5, 0.6) is 0 Å². The van der Waals surface area contributed by atoms with Gasteiger partial charge >= 0.3 is 0 Å². The molecule has 0 bridgehead atoms. The Morgan fingerprint density at radius 3 is 1.10 bits per heavy atom. The number of unbranched alkanes of at least 4 members (excludes halogenated alkanes) is 19. The summed E-state index contributed by atoms with van der Waals surface area (Å²) in [5.74, 6) is 0. The van der Waals surface area contributed by atoms with Crippen LogP contribution in [0.3, 0.4) is 0 Å². The highest BCUT2D eigenvalue weighted by Gasteiger charge is 2.15. The zero-order chi connectivity index (χ0) is 21.5. The van der Waals surface area contributed by atoms with Gasteiger partial charge in [-0.2, -0.15) is 11.1 Å². The highest BCUT2D eigenvalue weighted by atomic mass is 35.6. The van der Waals surface area contributed by atoms with Gasteiger partial charge in [0.1, 0.15) is 7.38 Å². The van der Waals surface area contributed by atoms with E-state index in [0.29, 0.717) is 6.54 Å². The molecule has 0 aliphatic rings. The SMILES string of the molecule is C[Si](C)(Cl)CCCCCCCCCCCCCCCCCCCCCCN=C=O. The molecule has 0 aliphatic heterocycles. The first-order valence-electron chi connectivity index (χ1n) is 12.8. The molecule has 0 heterocycles. The molecule has 0 unspecified atom stereocenters. The zero-order valence-corrected chi connectivity index (χ0v) is 21.5. The maximum Gasteiger partial charge on any atom is 0.234 e. The fraction of sp³-hybridized carbons (Fsp3) is 0.960. The van der Waals surface area contributed by atoms with Gasteiger partial charge in [0.15, 0.2) is 0 Å². The molecule has 0 saturated heterocycles. The molecule has 172 valence electrons. The highest BCUT2D eigenvalue weighted by molar-refractivity contribution is 7.19. The van der Waals surface area contributed by atoms with E-state index < -0.39 is 7.38 Å². The van der Waals surface area contributed by atoms with Crippen molar-refractivity contribution in [2.24, 2.45) is 4.99 Å². The number of nitrogens with zero attached hydrogens (tertiary/aromatic N) is 1. The minimum Gasteiger partial charge on any atom is -0.211 e. The van der Waals surface area contributed by atoms with Gasteiger partial charge in [-0.05, 0) is 12.5 Å². The van der Waals surface area contributed by atoms with Gasteiger partial charge in [0, 0.05) is 0 Å². The first-order valence-corrected chi connectivity index (χ1v) is 17.0. The van der Waals surface area contributed by atoms with Crippen LogP contribution in [-0.2, 0) is 4.79 Å². The second-order valence-electron chi connectivity index (χ2n) is 9.51. The lowest BCUT2D eigenvalue weighted by molar-refractivity contribution is 0.522. The van der Waals surface area contributed by atoms with Crippen LogP contribution in [0.1, 0.15) is 128 Å². The van der Waals surface area contributed by atoms with E-state index in [1.807, 2.05) is 0 Å². The normalized spacial score (nSPS) is 11.6. The maximum atomic E-state index is 9.94. The minimum absolute atomic E-state index is 0.665. The number of aliphatic imine (C=N–C) groups is 1. The summed E-state index contributed by atoms with van der Waals surface area (Å²) in [5, 5.41) is 0. The van der Waals surface area contributed by atoms with Gasteiger partial charge in [0.25, 0.3) is 0 Å². The molecule has 4 heteroatoms. The van der Waals surface area contributed by atoms with E-state index in [1.54, 1.807) is 6.08 Å². The van der Waals surface area contributed by atoms with Gasteiger partial charge in [0.2, 0.25) is 6.08 Å². The standard InChI is InChI=1S/C25H50ClNOSi/c1-29(2,26)24-22-20-18-16-14-12-10-8-6-4-3-5-7-9-11-13-15-17-19-21-23-27-25-28/h3-24H2,1-2H3. The van der Waals surface area contributed by atoms with E-state index in [1.165, 1.54) is 128 Å². The van der Waals surface area contributed by atoms with Crippen molar-refractivity contribution >= 4 is 24.5 Å². The Hall–Kier alpha value is -0.113. The summed E-state index contributed by atoms with van der Waals surface area (Å²) in [6.07, 6.45) is 29.3. The Balaban J connectivity index is 3.04. The van der Waals surface area contributed by atoms with Gasteiger partial charge in [-0.3, -0.25) is 0 Å². The summed E-state index contributed by atoms with van der Waals surface area (Å²) >= 11 is 6.36. The Bertz CT molecular complexity index is 378. The molecule has 0 aliphatic carbocycles. The van der Waals surface area contributed by atoms with Crippen molar-refractivity contribution in [2.75, 3.05) is 6.54 Å². The van der Waals surface area contributed by atoms with Crippen LogP contribution < -0.4 is 0 Å². The average molecular weight is 444 g/mol. The molecule has 29 heavy (non-hydrogen) atoms. The quantitative estimate of drug-likeness (QED) is 0.0507. The zero-order valence-electron chi connectivity index (χ0n) is 19.8. The molecular weight excluding hydrogens is 394 g/mol. The van der Waals surface area contributed by atoms with E-state index in [4.69, 9.17) is 11.1 Å². The number of isocyanates is 1. The number of hydrogen-bond acceptors (Lipinski definition) is 2. The van der Waals surface area contributed by atoms with Gasteiger partial charge in [-0.25, -0.2) is 9.79 Å². The summed E-state index contributed by atoms with van der Waals surface area (Å²) in [6, 6.07) is 1.29. The summed E-state index contributed by atoms with van der Waals surface area (Å²) in [6.45, 7) is 5.18. The molecule has 0 atom stereocenters. The molecule has 0 spiro atoms. The lowest BCUT2D eigenvalue weighted by Crippen LogP contribution is -2.14. The Morgan fingerprint density at radius 2 is 0.828 bits per heavy atom. The number of carbonyl (C=O) groups excluding carboxylic acids is 1. The molecule has 0 rings (SSSR count). The summed E-state index contributed by atoms with van der Waals surface area (Å²) in [5.41, 5.74) is 0. The second kappa shape index (κ2) is 22.6. The number of halogens is 1. The Morgan fingerprint density at radius 1 is 0.552 bits per heavy atom. The minimum atomic E-state index is -1.31. The number of rotatable bonds is 23. The molecule has 0 N–H and O–H groups in total. The molecule has 0 fully saturated rings. The van der Waals surface area contributed by atoms with E-state index >= 15 is 0 Å². The van der Waals surface area contributed by atoms with Crippen molar-refractivity contribution < 1.29 is 4.79 Å². The first kappa shape index (κ1) is 28.9. The Kier molecular flexibility index (Phi) is 22.5. The maximum absolute atomic E-state index is 9.94. The average Bonchev–Trinajstić information content (AvgIpc) is 2.67.